The van der Waals surface area contributed by atoms with Crippen LogP contribution >= 0.6 is 0 Å². The number of nitro groups is 1. The lowest BCUT2D eigenvalue weighted by atomic mass is 10.2. The molecule has 1 aromatic carbocycles. The maximum Gasteiger partial charge on any atom is 0.376 e. The molecule has 2 N–H and O–H groups in total. The van der Waals surface area contributed by atoms with E-state index < -0.39 is 27.9 Å². The topological polar surface area (TPSA) is 127 Å². The molecule has 0 atom stereocenters. The first-order valence-electron chi connectivity index (χ1n) is 6.72. The molecule has 1 aromatic heterocycles. The summed E-state index contributed by atoms with van der Waals surface area (Å²) < 4.78 is 5.45. The first-order chi connectivity index (χ1) is 10.9. The molecular formula is C14H14N4O5. The lowest BCUT2D eigenvalue weighted by Gasteiger charge is -2.10. The Balaban J connectivity index is 2.66. The molecule has 0 aliphatic heterocycles. The second-order valence-corrected chi connectivity index (χ2v) is 4.48. The van der Waals surface area contributed by atoms with Crippen LogP contribution < -0.4 is 15.6 Å². The van der Waals surface area contributed by atoms with Gasteiger partial charge in [-0.2, -0.15) is 0 Å². The molecule has 0 unspecified atom stereocenters. The Morgan fingerprint density at radius 1 is 1.43 bits per heavy atom. The minimum Gasteiger partial charge on any atom is -0.493 e. The van der Waals surface area contributed by atoms with Gasteiger partial charge < -0.3 is 15.0 Å². The Morgan fingerprint density at radius 3 is 2.74 bits per heavy atom. The van der Waals surface area contributed by atoms with Gasteiger partial charge in [-0.15, -0.1) is 0 Å². The second kappa shape index (κ2) is 6.69. The molecule has 9 nitrogen and oxygen atoms in total. The molecule has 1 amide bonds. The van der Waals surface area contributed by atoms with Crippen molar-refractivity contribution in [2.45, 2.75) is 13.8 Å². The Labute approximate surface area is 130 Å². The van der Waals surface area contributed by atoms with Crippen LogP contribution in [0, 0.1) is 10.1 Å². The lowest BCUT2D eigenvalue weighted by molar-refractivity contribution is -0.385. The number of aromatic nitrogens is 2. The minimum absolute atomic E-state index is 0.0633. The average Bonchev–Trinajstić information content (AvgIpc) is 2.46. The third-order valence-corrected chi connectivity index (χ3v) is 2.81. The molecule has 0 spiro atoms. The summed E-state index contributed by atoms with van der Waals surface area (Å²) in [6, 6.07) is 6.77. The maximum atomic E-state index is 12.0. The summed E-state index contributed by atoms with van der Waals surface area (Å²) >= 11 is 0. The van der Waals surface area contributed by atoms with E-state index in [0.717, 1.165) is 0 Å². The molecule has 23 heavy (non-hydrogen) atoms. The van der Waals surface area contributed by atoms with Crippen LogP contribution in [-0.4, -0.2) is 27.4 Å². The molecule has 0 aliphatic carbocycles. The third kappa shape index (κ3) is 3.51. The summed E-state index contributed by atoms with van der Waals surface area (Å²) in [5.74, 6) is -0.461. The molecule has 120 valence electrons. The van der Waals surface area contributed by atoms with Crippen molar-refractivity contribution in [2.75, 3.05) is 11.9 Å². The lowest BCUT2D eigenvalue weighted by Crippen LogP contribution is -2.19. The smallest absolute Gasteiger partial charge is 0.376 e. The van der Waals surface area contributed by atoms with Crippen molar-refractivity contribution in [3.63, 3.8) is 0 Å². The fourth-order valence-corrected chi connectivity index (χ4v) is 1.96. The third-order valence-electron chi connectivity index (χ3n) is 2.81. The highest BCUT2D eigenvalue weighted by atomic mass is 16.6. The minimum atomic E-state index is -0.963. The normalized spacial score (nSPS) is 10.2. The predicted octanol–water partition coefficient (Wildman–Crippen LogP) is 1.70. The molecule has 0 fully saturated rings. The summed E-state index contributed by atoms with van der Waals surface area (Å²) in [6.07, 6.45) is 0. The number of amides is 1. The number of ether oxygens (including phenoxy) is 1. The Kier molecular flexibility index (Phi) is 4.69. The molecule has 0 saturated heterocycles. The zero-order valence-electron chi connectivity index (χ0n) is 12.5. The number of nitrogens with one attached hydrogen (secondary N) is 2. The van der Waals surface area contributed by atoms with Gasteiger partial charge in [0.2, 0.25) is 11.7 Å². The number of hydrogen-bond acceptors (Lipinski definition) is 6. The van der Waals surface area contributed by atoms with Crippen LogP contribution in [0.5, 0.6) is 5.75 Å². The van der Waals surface area contributed by atoms with E-state index in [2.05, 4.69) is 15.3 Å². The zero-order valence-corrected chi connectivity index (χ0v) is 12.5. The van der Waals surface area contributed by atoms with Crippen LogP contribution in [0.15, 0.2) is 29.1 Å². The van der Waals surface area contributed by atoms with Gasteiger partial charge >= 0.3 is 11.2 Å². The molecule has 1 heterocycles. The molecule has 0 aliphatic rings. The first kappa shape index (κ1) is 16.1. The van der Waals surface area contributed by atoms with Crippen LogP contribution in [0.2, 0.25) is 0 Å². The van der Waals surface area contributed by atoms with Crippen molar-refractivity contribution in [1.29, 1.82) is 0 Å². The van der Waals surface area contributed by atoms with Crippen molar-refractivity contribution >= 4 is 17.4 Å². The number of anilines is 1. The van der Waals surface area contributed by atoms with Crippen LogP contribution in [-0.2, 0) is 4.79 Å². The van der Waals surface area contributed by atoms with Gasteiger partial charge in [-0.05, 0) is 19.1 Å². The van der Waals surface area contributed by atoms with E-state index in [1.807, 2.05) is 0 Å². The molecular weight excluding hydrogens is 304 g/mol. The highest BCUT2D eigenvalue weighted by Crippen LogP contribution is 2.28. The van der Waals surface area contributed by atoms with Gasteiger partial charge in [0, 0.05) is 6.92 Å². The van der Waals surface area contributed by atoms with E-state index in [4.69, 9.17) is 4.74 Å². The van der Waals surface area contributed by atoms with Gasteiger partial charge in [0.25, 0.3) is 0 Å². The van der Waals surface area contributed by atoms with Gasteiger partial charge in [-0.3, -0.25) is 19.7 Å². The first-order valence-corrected chi connectivity index (χ1v) is 6.72. The molecule has 2 rings (SSSR count). The fraction of sp³-hybridized carbons (Fsp3) is 0.214. The second-order valence-electron chi connectivity index (χ2n) is 4.48. The average molecular weight is 318 g/mol. The number of hydrogen-bond donors (Lipinski definition) is 2. The number of carbonyl (C=O) groups is 1. The standard InChI is InChI=1S/C14H14N4O5/c1-3-23-10-7-5-4-6-9(10)12-16-13(15-8(2)19)11(18(21)22)14(20)17-12/h4-7H,3H2,1-2H3,(H2,15,16,17,19,20). The van der Waals surface area contributed by atoms with Crippen molar-refractivity contribution in [3.8, 4) is 17.1 Å². The van der Waals surface area contributed by atoms with Crippen LogP contribution in [0.25, 0.3) is 11.4 Å². The Morgan fingerprint density at radius 2 is 2.13 bits per heavy atom. The van der Waals surface area contributed by atoms with E-state index in [1.54, 1.807) is 31.2 Å². The number of benzene rings is 1. The summed E-state index contributed by atoms with van der Waals surface area (Å²) in [7, 11) is 0. The highest BCUT2D eigenvalue weighted by molar-refractivity contribution is 5.90. The van der Waals surface area contributed by atoms with E-state index in [1.165, 1.54) is 6.92 Å². The molecule has 0 radical (unpaired) electrons. The van der Waals surface area contributed by atoms with Gasteiger partial charge in [-0.1, -0.05) is 12.1 Å². The summed E-state index contributed by atoms with van der Waals surface area (Å²) in [6.45, 7) is 3.36. The van der Waals surface area contributed by atoms with Crippen molar-refractivity contribution in [1.82, 2.24) is 9.97 Å². The quantitative estimate of drug-likeness (QED) is 0.638. The molecule has 2 aromatic rings. The SMILES string of the molecule is CCOc1ccccc1-c1nc(NC(C)=O)c([N+](=O)[O-])c(=O)[nH]1. The molecule has 0 bridgehead atoms. The predicted molar refractivity (Wildman–Crippen MR) is 82.4 cm³/mol. The van der Waals surface area contributed by atoms with E-state index in [9.17, 15) is 19.7 Å². The number of aromatic amines is 1. The Hall–Kier alpha value is -3.23. The maximum absolute atomic E-state index is 12.0. The van der Waals surface area contributed by atoms with Crippen molar-refractivity contribution in [2.24, 2.45) is 0 Å². The summed E-state index contributed by atoms with van der Waals surface area (Å²) in [4.78, 5) is 39.7. The largest absolute Gasteiger partial charge is 0.493 e. The van der Waals surface area contributed by atoms with E-state index in [0.29, 0.717) is 17.9 Å². The number of nitrogens with zero attached hydrogens (tertiary/aromatic N) is 2. The van der Waals surface area contributed by atoms with Gasteiger partial charge in [0.15, 0.2) is 0 Å². The van der Waals surface area contributed by atoms with Crippen LogP contribution in [0.4, 0.5) is 11.5 Å². The van der Waals surface area contributed by atoms with Gasteiger partial charge in [0.1, 0.15) is 11.6 Å². The van der Waals surface area contributed by atoms with Crippen LogP contribution in [0.3, 0.4) is 0 Å². The summed E-state index contributed by atoms with van der Waals surface area (Å²) in [5, 5.41) is 13.2. The fourth-order valence-electron chi connectivity index (χ4n) is 1.96. The summed E-state index contributed by atoms with van der Waals surface area (Å²) in [5.41, 5.74) is -1.33. The van der Waals surface area contributed by atoms with Gasteiger partial charge in [-0.25, -0.2) is 4.98 Å². The monoisotopic (exact) mass is 318 g/mol. The number of para-hydroxylation sites is 1. The van der Waals surface area contributed by atoms with E-state index in [-0.39, 0.29) is 5.82 Å². The highest BCUT2D eigenvalue weighted by Gasteiger charge is 2.24. The Bertz CT molecular complexity index is 815. The number of carbonyl (C=O) groups excluding carboxylic acids is 1. The number of rotatable bonds is 5. The number of H-pyrrole nitrogens is 1. The molecule has 0 saturated carbocycles. The zero-order chi connectivity index (χ0) is 17.0. The van der Waals surface area contributed by atoms with Gasteiger partial charge in [0.05, 0.1) is 17.1 Å². The van der Waals surface area contributed by atoms with Crippen LogP contribution in [0.1, 0.15) is 13.8 Å². The van der Waals surface area contributed by atoms with Crippen molar-refractivity contribution in [3.05, 3.63) is 44.7 Å². The molecule has 9 heteroatoms. The van der Waals surface area contributed by atoms with E-state index >= 15 is 0 Å². The van der Waals surface area contributed by atoms with Crippen molar-refractivity contribution < 1.29 is 14.5 Å².